The van der Waals surface area contributed by atoms with Gasteiger partial charge in [0.15, 0.2) is 0 Å². The number of aromatic nitrogens is 2. The Hall–Kier alpha value is -1.85. The van der Waals surface area contributed by atoms with E-state index in [0.29, 0.717) is 11.5 Å². The molecule has 0 saturated carbocycles. The highest BCUT2D eigenvalue weighted by atomic mass is 79.9. The van der Waals surface area contributed by atoms with Crippen LogP contribution in [0, 0.1) is 0 Å². The molecule has 3 N–H and O–H groups in total. The van der Waals surface area contributed by atoms with Gasteiger partial charge in [-0.15, -0.1) is 0 Å². The molecule has 4 nitrogen and oxygen atoms in total. The van der Waals surface area contributed by atoms with Crippen molar-refractivity contribution in [3.8, 4) is 0 Å². The minimum Gasteiger partial charge on any atom is -0.399 e. The van der Waals surface area contributed by atoms with Crippen molar-refractivity contribution in [2.24, 2.45) is 0 Å². The van der Waals surface area contributed by atoms with Crippen LogP contribution in [0.3, 0.4) is 0 Å². The third-order valence-electron chi connectivity index (χ3n) is 3.65. The van der Waals surface area contributed by atoms with Gasteiger partial charge in [-0.3, -0.25) is 0 Å². The zero-order chi connectivity index (χ0) is 15.0. The third-order valence-corrected chi connectivity index (χ3v) is 4.14. The molecule has 1 aromatic heterocycles. The number of benzene rings is 2. The SMILES string of the molecule is CC(c1cccc(Br)c1)n1c(CO)nc2cc(N)ccc21. The summed E-state index contributed by atoms with van der Waals surface area (Å²) in [6.07, 6.45) is 0. The predicted molar refractivity (Wildman–Crippen MR) is 88.0 cm³/mol. The molecule has 5 heteroatoms. The van der Waals surface area contributed by atoms with Gasteiger partial charge in [0, 0.05) is 10.2 Å². The van der Waals surface area contributed by atoms with Gasteiger partial charge >= 0.3 is 0 Å². The number of anilines is 1. The number of aliphatic hydroxyl groups is 1. The Labute approximate surface area is 131 Å². The highest BCUT2D eigenvalue weighted by Gasteiger charge is 2.17. The van der Waals surface area contributed by atoms with Crippen LogP contribution in [0.2, 0.25) is 0 Å². The van der Waals surface area contributed by atoms with Gasteiger partial charge in [-0.25, -0.2) is 4.98 Å². The molecule has 108 valence electrons. The summed E-state index contributed by atoms with van der Waals surface area (Å²) in [7, 11) is 0. The maximum atomic E-state index is 9.62. The summed E-state index contributed by atoms with van der Waals surface area (Å²) in [6.45, 7) is 1.99. The van der Waals surface area contributed by atoms with E-state index in [1.165, 1.54) is 0 Å². The van der Waals surface area contributed by atoms with Crippen molar-refractivity contribution < 1.29 is 5.11 Å². The van der Waals surface area contributed by atoms with Crippen LogP contribution in [0.25, 0.3) is 11.0 Å². The monoisotopic (exact) mass is 345 g/mol. The standard InChI is InChI=1S/C16H16BrN3O/c1-10(11-3-2-4-12(17)7-11)20-15-6-5-13(18)8-14(15)19-16(20)9-21/h2-8,10,21H,9,18H2,1H3. The van der Waals surface area contributed by atoms with Crippen molar-refractivity contribution in [1.82, 2.24) is 9.55 Å². The van der Waals surface area contributed by atoms with Crippen molar-refractivity contribution >= 4 is 32.7 Å². The summed E-state index contributed by atoms with van der Waals surface area (Å²) in [4.78, 5) is 4.48. The predicted octanol–water partition coefficient (Wildman–Crippen LogP) is 3.48. The maximum absolute atomic E-state index is 9.62. The second kappa shape index (κ2) is 5.50. The van der Waals surface area contributed by atoms with Crippen LogP contribution < -0.4 is 5.73 Å². The van der Waals surface area contributed by atoms with Crippen LogP contribution in [0.4, 0.5) is 5.69 Å². The van der Waals surface area contributed by atoms with Crippen molar-refractivity contribution in [1.29, 1.82) is 0 Å². The summed E-state index contributed by atoms with van der Waals surface area (Å²) in [5.74, 6) is 0.642. The molecule has 3 aromatic rings. The normalized spacial score (nSPS) is 12.7. The molecule has 0 fully saturated rings. The zero-order valence-electron chi connectivity index (χ0n) is 11.6. The van der Waals surface area contributed by atoms with E-state index in [4.69, 9.17) is 5.73 Å². The van der Waals surface area contributed by atoms with Crippen LogP contribution in [-0.2, 0) is 6.61 Å². The minimum absolute atomic E-state index is 0.0678. The summed E-state index contributed by atoms with van der Waals surface area (Å²) >= 11 is 3.50. The molecule has 1 atom stereocenters. The molecule has 0 bridgehead atoms. The molecule has 0 radical (unpaired) electrons. The van der Waals surface area contributed by atoms with Gasteiger partial charge in [0.05, 0.1) is 17.1 Å². The molecule has 1 heterocycles. The first kappa shape index (κ1) is 14.1. The largest absolute Gasteiger partial charge is 0.399 e. The quantitative estimate of drug-likeness (QED) is 0.714. The van der Waals surface area contributed by atoms with E-state index in [1.54, 1.807) is 0 Å². The molecule has 1 unspecified atom stereocenters. The Bertz CT molecular complexity index is 797. The van der Waals surface area contributed by atoms with Crippen molar-refractivity contribution in [3.05, 3.63) is 58.3 Å². The lowest BCUT2D eigenvalue weighted by molar-refractivity contribution is 0.264. The lowest BCUT2D eigenvalue weighted by atomic mass is 10.1. The molecule has 0 aliphatic carbocycles. The molecule has 0 amide bonds. The van der Waals surface area contributed by atoms with Gasteiger partial charge in [0.25, 0.3) is 0 Å². The Balaban J connectivity index is 2.18. The summed E-state index contributed by atoms with van der Waals surface area (Å²) in [6, 6.07) is 13.9. The van der Waals surface area contributed by atoms with Gasteiger partial charge in [-0.2, -0.15) is 0 Å². The number of nitrogen functional groups attached to an aromatic ring is 1. The van der Waals surface area contributed by atoms with Gasteiger partial charge in [0.2, 0.25) is 0 Å². The fourth-order valence-corrected chi connectivity index (χ4v) is 3.04. The molecule has 0 saturated heterocycles. The molecule has 2 aromatic carbocycles. The third kappa shape index (κ3) is 2.54. The molecule has 0 aliphatic rings. The number of hydrogen-bond donors (Lipinski definition) is 2. The fourth-order valence-electron chi connectivity index (χ4n) is 2.62. The second-order valence-corrected chi connectivity index (χ2v) is 5.95. The van der Waals surface area contributed by atoms with Crippen LogP contribution in [0.1, 0.15) is 24.4 Å². The average molecular weight is 346 g/mol. The van der Waals surface area contributed by atoms with Crippen LogP contribution in [0.15, 0.2) is 46.9 Å². The van der Waals surface area contributed by atoms with E-state index in [9.17, 15) is 5.11 Å². The number of nitrogens with two attached hydrogens (primary N) is 1. The van der Waals surface area contributed by atoms with E-state index in [0.717, 1.165) is 21.1 Å². The number of rotatable bonds is 3. The van der Waals surface area contributed by atoms with Crippen molar-refractivity contribution in [2.45, 2.75) is 19.6 Å². The van der Waals surface area contributed by atoms with Crippen LogP contribution >= 0.6 is 15.9 Å². The lowest BCUT2D eigenvalue weighted by Gasteiger charge is -2.18. The Kier molecular flexibility index (Phi) is 3.69. The van der Waals surface area contributed by atoms with Crippen LogP contribution in [-0.4, -0.2) is 14.7 Å². The topological polar surface area (TPSA) is 64.1 Å². The number of halogens is 1. The van der Waals surface area contributed by atoms with Gasteiger partial charge in [-0.05, 0) is 42.8 Å². The molecular weight excluding hydrogens is 330 g/mol. The molecule has 21 heavy (non-hydrogen) atoms. The minimum atomic E-state index is -0.104. The first-order chi connectivity index (χ1) is 10.1. The van der Waals surface area contributed by atoms with E-state index in [1.807, 2.05) is 30.3 Å². The highest BCUT2D eigenvalue weighted by Crippen LogP contribution is 2.28. The Morgan fingerprint density at radius 1 is 1.29 bits per heavy atom. The number of aliphatic hydroxyl groups excluding tert-OH is 1. The molecular formula is C16H16BrN3O. The van der Waals surface area contributed by atoms with E-state index < -0.39 is 0 Å². The number of hydrogen-bond acceptors (Lipinski definition) is 3. The first-order valence-electron chi connectivity index (χ1n) is 6.73. The summed E-state index contributed by atoms with van der Waals surface area (Å²) in [5.41, 5.74) is 9.41. The highest BCUT2D eigenvalue weighted by molar-refractivity contribution is 9.10. The Morgan fingerprint density at radius 3 is 2.81 bits per heavy atom. The lowest BCUT2D eigenvalue weighted by Crippen LogP contribution is -2.10. The number of imidazole rings is 1. The van der Waals surface area contributed by atoms with Crippen molar-refractivity contribution in [3.63, 3.8) is 0 Å². The second-order valence-electron chi connectivity index (χ2n) is 5.04. The average Bonchev–Trinajstić information content (AvgIpc) is 2.83. The number of fused-ring (bicyclic) bond motifs is 1. The fraction of sp³-hybridized carbons (Fsp3) is 0.188. The molecule has 0 aliphatic heterocycles. The maximum Gasteiger partial charge on any atom is 0.136 e. The summed E-state index contributed by atoms with van der Waals surface area (Å²) in [5, 5.41) is 9.62. The molecule has 3 rings (SSSR count). The van der Waals surface area contributed by atoms with Gasteiger partial charge in [0.1, 0.15) is 12.4 Å². The smallest absolute Gasteiger partial charge is 0.136 e. The van der Waals surface area contributed by atoms with Crippen LogP contribution in [0.5, 0.6) is 0 Å². The van der Waals surface area contributed by atoms with E-state index >= 15 is 0 Å². The molecule has 0 spiro atoms. The number of nitrogens with zero attached hydrogens (tertiary/aromatic N) is 2. The van der Waals surface area contributed by atoms with Crippen molar-refractivity contribution in [2.75, 3.05) is 5.73 Å². The zero-order valence-corrected chi connectivity index (χ0v) is 13.2. The van der Waals surface area contributed by atoms with E-state index in [2.05, 4.69) is 44.5 Å². The Morgan fingerprint density at radius 2 is 2.10 bits per heavy atom. The van der Waals surface area contributed by atoms with Gasteiger partial charge < -0.3 is 15.4 Å². The summed E-state index contributed by atoms with van der Waals surface area (Å²) < 4.78 is 3.09. The van der Waals surface area contributed by atoms with E-state index in [-0.39, 0.29) is 12.6 Å². The van der Waals surface area contributed by atoms with Gasteiger partial charge in [-0.1, -0.05) is 28.1 Å². The first-order valence-corrected chi connectivity index (χ1v) is 7.52.